The van der Waals surface area contributed by atoms with Crippen molar-refractivity contribution in [2.45, 2.75) is 18.7 Å². The molecule has 0 saturated carbocycles. The van der Waals surface area contributed by atoms with Crippen molar-refractivity contribution in [3.63, 3.8) is 0 Å². The van der Waals surface area contributed by atoms with Crippen LogP contribution in [-0.4, -0.2) is 0 Å². The number of hydrogen-bond acceptors (Lipinski definition) is 1. The van der Waals surface area contributed by atoms with E-state index in [9.17, 15) is 0 Å². The summed E-state index contributed by atoms with van der Waals surface area (Å²) in [6.45, 7) is 4.26. The SMILES string of the molecule is Cc1cccc(C(Br)c2sc(C)cc2Br)c1. The van der Waals surface area contributed by atoms with Crippen LogP contribution in [0.15, 0.2) is 34.8 Å². The minimum Gasteiger partial charge on any atom is -0.143 e. The van der Waals surface area contributed by atoms with Crippen LogP contribution in [0.4, 0.5) is 0 Å². The summed E-state index contributed by atoms with van der Waals surface area (Å²) in [4.78, 5) is 2.95. The first kappa shape index (κ1) is 12.3. The second-order valence-corrected chi connectivity index (χ2v) is 6.90. The molecule has 1 atom stereocenters. The number of halogens is 2. The van der Waals surface area contributed by atoms with E-state index in [1.54, 1.807) is 0 Å². The predicted molar refractivity (Wildman–Crippen MR) is 78.7 cm³/mol. The van der Waals surface area contributed by atoms with E-state index in [0.29, 0.717) is 0 Å². The van der Waals surface area contributed by atoms with Crippen LogP contribution in [0.2, 0.25) is 0 Å². The standard InChI is InChI=1S/C13H12Br2S/c1-8-4-3-5-10(6-8)12(15)13-11(14)7-9(2)16-13/h3-7,12H,1-2H3. The zero-order chi connectivity index (χ0) is 11.7. The van der Waals surface area contributed by atoms with Crippen LogP contribution in [0.1, 0.15) is 25.7 Å². The highest BCUT2D eigenvalue weighted by atomic mass is 79.9. The highest BCUT2D eigenvalue weighted by molar-refractivity contribution is 9.11. The normalized spacial score (nSPS) is 12.8. The molecule has 0 spiro atoms. The number of aryl methyl sites for hydroxylation is 2. The molecule has 84 valence electrons. The molecular formula is C13H12Br2S. The monoisotopic (exact) mass is 358 g/mol. The minimum atomic E-state index is 0.278. The van der Waals surface area contributed by atoms with Gasteiger partial charge in [-0.15, -0.1) is 11.3 Å². The molecule has 0 radical (unpaired) electrons. The Kier molecular flexibility index (Phi) is 3.88. The van der Waals surface area contributed by atoms with E-state index in [1.165, 1.54) is 25.4 Å². The molecule has 0 amide bonds. The summed E-state index contributed by atoms with van der Waals surface area (Å²) >= 11 is 9.22. The van der Waals surface area contributed by atoms with Crippen molar-refractivity contribution in [1.82, 2.24) is 0 Å². The summed E-state index contributed by atoms with van der Waals surface area (Å²) in [5.41, 5.74) is 2.61. The van der Waals surface area contributed by atoms with Crippen LogP contribution in [0.3, 0.4) is 0 Å². The summed E-state index contributed by atoms with van der Waals surface area (Å²) in [5, 5.41) is 0. The van der Waals surface area contributed by atoms with Crippen molar-refractivity contribution in [3.8, 4) is 0 Å². The Morgan fingerprint density at radius 1 is 1.19 bits per heavy atom. The van der Waals surface area contributed by atoms with Gasteiger partial charge in [0.25, 0.3) is 0 Å². The molecule has 2 aromatic rings. The molecular weight excluding hydrogens is 348 g/mol. The number of rotatable bonds is 2. The van der Waals surface area contributed by atoms with E-state index in [4.69, 9.17) is 0 Å². The molecule has 1 aromatic carbocycles. The van der Waals surface area contributed by atoms with Gasteiger partial charge >= 0.3 is 0 Å². The quantitative estimate of drug-likeness (QED) is 0.611. The van der Waals surface area contributed by atoms with Crippen LogP contribution >= 0.6 is 43.2 Å². The summed E-state index contributed by atoms with van der Waals surface area (Å²) in [7, 11) is 0. The summed E-state index contributed by atoms with van der Waals surface area (Å²) < 4.78 is 1.19. The highest BCUT2D eigenvalue weighted by Crippen LogP contribution is 2.40. The number of alkyl halides is 1. The first-order chi connectivity index (χ1) is 7.58. The van der Waals surface area contributed by atoms with Crippen molar-refractivity contribution in [3.05, 3.63) is 55.7 Å². The molecule has 1 unspecified atom stereocenters. The molecule has 0 aliphatic carbocycles. The fourth-order valence-electron chi connectivity index (χ4n) is 1.65. The smallest absolute Gasteiger partial charge is 0.0749 e. The fourth-order valence-corrected chi connectivity index (χ4v) is 4.66. The second-order valence-electron chi connectivity index (χ2n) is 3.85. The van der Waals surface area contributed by atoms with Crippen molar-refractivity contribution >= 4 is 43.2 Å². The third-order valence-corrected chi connectivity index (χ3v) is 5.72. The van der Waals surface area contributed by atoms with Crippen molar-refractivity contribution < 1.29 is 0 Å². The van der Waals surface area contributed by atoms with E-state index < -0.39 is 0 Å². The molecule has 0 fully saturated rings. The van der Waals surface area contributed by atoms with Gasteiger partial charge in [-0.1, -0.05) is 45.8 Å². The molecule has 0 nitrogen and oxygen atoms in total. The van der Waals surface area contributed by atoms with Gasteiger partial charge in [-0.25, -0.2) is 0 Å². The largest absolute Gasteiger partial charge is 0.143 e. The number of thiophene rings is 1. The molecule has 16 heavy (non-hydrogen) atoms. The molecule has 2 rings (SSSR count). The van der Waals surface area contributed by atoms with Crippen LogP contribution in [-0.2, 0) is 0 Å². The van der Waals surface area contributed by atoms with E-state index >= 15 is 0 Å². The van der Waals surface area contributed by atoms with Crippen molar-refractivity contribution in [1.29, 1.82) is 0 Å². The van der Waals surface area contributed by atoms with Gasteiger partial charge in [-0.2, -0.15) is 0 Å². The van der Waals surface area contributed by atoms with Gasteiger partial charge in [-0.3, -0.25) is 0 Å². The van der Waals surface area contributed by atoms with E-state index in [2.05, 4.69) is 76.0 Å². The molecule has 0 N–H and O–H groups in total. The molecule has 3 heteroatoms. The molecule has 0 aliphatic rings. The third-order valence-electron chi connectivity index (χ3n) is 2.40. The summed E-state index contributed by atoms with van der Waals surface area (Å²) in [6, 6.07) is 10.8. The van der Waals surface area contributed by atoms with Gasteiger partial charge in [0.1, 0.15) is 0 Å². The first-order valence-electron chi connectivity index (χ1n) is 5.04. The average Bonchev–Trinajstić information content (AvgIpc) is 2.57. The molecule has 0 saturated heterocycles. The van der Waals surface area contributed by atoms with Crippen LogP contribution in [0.5, 0.6) is 0 Å². The maximum absolute atomic E-state index is 3.77. The fraction of sp³-hybridized carbons (Fsp3) is 0.231. The number of benzene rings is 1. The van der Waals surface area contributed by atoms with Gasteiger partial charge in [0, 0.05) is 14.2 Å². The Morgan fingerprint density at radius 2 is 1.94 bits per heavy atom. The van der Waals surface area contributed by atoms with Gasteiger partial charge in [-0.05, 0) is 41.4 Å². The Balaban J connectivity index is 2.38. The summed E-state index contributed by atoms with van der Waals surface area (Å²) in [6.07, 6.45) is 0. The van der Waals surface area contributed by atoms with Crippen molar-refractivity contribution in [2.75, 3.05) is 0 Å². The van der Waals surface area contributed by atoms with Gasteiger partial charge in [0.15, 0.2) is 0 Å². The first-order valence-corrected chi connectivity index (χ1v) is 7.57. The molecule has 0 aliphatic heterocycles. The van der Waals surface area contributed by atoms with Gasteiger partial charge in [0.2, 0.25) is 0 Å². The zero-order valence-electron chi connectivity index (χ0n) is 9.13. The molecule has 1 aromatic heterocycles. The van der Waals surface area contributed by atoms with Gasteiger partial charge < -0.3 is 0 Å². The lowest BCUT2D eigenvalue weighted by Gasteiger charge is -2.09. The second kappa shape index (κ2) is 5.03. The predicted octanol–water partition coefficient (Wildman–Crippen LogP) is 5.61. The van der Waals surface area contributed by atoms with E-state index in [1.807, 2.05) is 11.3 Å². The van der Waals surface area contributed by atoms with Gasteiger partial charge in [0.05, 0.1) is 4.83 Å². The Morgan fingerprint density at radius 3 is 2.50 bits per heavy atom. The lowest BCUT2D eigenvalue weighted by molar-refractivity contribution is 1.20. The lowest BCUT2D eigenvalue weighted by Crippen LogP contribution is -1.90. The highest BCUT2D eigenvalue weighted by Gasteiger charge is 2.16. The third kappa shape index (κ3) is 2.58. The Labute approximate surface area is 117 Å². The van der Waals surface area contributed by atoms with Crippen molar-refractivity contribution in [2.24, 2.45) is 0 Å². The molecule has 1 heterocycles. The lowest BCUT2D eigenvalue weighted by atomic mass is 10.1. The van der Waals surface area contributed by atoms with Crippen LogP contribution in [0, 0.1) is 13.8 Å². The topological polar surface area (TPSA) is 0 Å². The summed E-state index contributed by atoms with van der Waals surface area (Å²) in [5.74, 6) is 0. The van der Waals surface area contributed by atoms with E-state index in [0.717, 1.165) is 0 Å². The maximum Gasteiger partial charge on any atom is 0.0749 e. The number of hydrogen-bond donors (Lipinski definition) is 0. The molecule has 0 bridgehead atoms. The minimum absolute atomic E-state index is 0.278. The van der Waals surface area contributed by atoms with E-state index in [-0.39, 0.29) is 4.83 Å². The Bertz CT molecular complexity index is 502. The average molecular weight is 360 g/mol. The van der Waals surface area contributed by atoms with Crippen LogP contribution in [0.25, 0.3) is 0 Å². The van der Waals surface area contributed by atoms with Crippen LogP contribution < -0.4 is 0 Å². The Hall–Kier alpha value is -0.120. The zero-order valence-corrected chi connectivity index (χ0v) is 13.1. The maximum atomic E-state index is 3.77.